The van der Waals surface area contributed by atoms with Crippen LogP contribution in [0.2, 0.25) is 0 Å². The average molecular weight is 220 g/mol. The van der Waals surface area contributed by atoms with Crippen molar-refractivity contribution in [2.24, 2.45) is 0 Å². The minimum atomic E-state index is 0.377. The van der Waals surface area contributed by atoms with Crippen LogP contribution < -0.4 is 0 Å². The van der Waals surface area contributed by atoms with E-state index in [4.69, 9.17) is 4.74 Å². The Hall–Kier alpha value is -0.820. The molecular weight excluding hydrogens is 196 g/mol. The summed E-state index contributed by atoms with van der Waals surface area (Å²) in [5.41, 5.74) is 4.41. The van der Waals surface area contributed by atoms with Crippen LogP contribution in [-0.4, -0.2) is 6.10 Å². The maximum absolute atomic E-state index is 5.64. The van der Waals surface area contributed by atoms with E-state index in [0.29, 0.717) is 12.0 Å². The number of fused-ring (bicyclic) bond motifs is 1. The highest BCUT2D eigenvalue weighted by atomic mass is 16.5. The minimum absolute atomic E-state index is 0.377. The van der Waals surface area contributed by atoms with Crippen LogP contribution in [0, 0.1) is 0 Å². The molecule has 1 nitrogen and oxygen atoms in total. The van der Waals surface area contributed by atoms with Crippen molar-refractivity contribution >= 4 is 0 Å². The molecule has 0 aliphatic carbocycles. The van der Waals surface area contributed by atoms with Gasteiger partial charge in [0.05, 0.1) is 12.7 Å². The van der Waals surface area contributed by atoms with Crippen LogP contribution in [0.1, 0.15) is 57.2 Å². The molecular formula is C15H24O. The molecule has 0 spiro atoms. The Morgan fingerprint density at radius 3 is 2.56 bits per heavy atom. The zero-order valence-corrected chi connectivity index (χ0v) is 11.2. The van der Waals surface area contributed by atoms with Gasteiger partial charge in [-0.15, -0.1) is 0 Å². The van der Waals surface area contributed by atoms with Gasteiger partial charge in [0, 0.05) is 0 Å². The highest BCUT2D eigenvalue weighted by Crippen LogP contribution is 2.28. The fourth-order valence-corrected chi connectivity index (χ4v) is 2.16. The number of hydrogen-bond acceptors (Lipinski definition) is 1. The zero-order chi connectivity index (χ0) is 12.1. The molecule has 1 atom stereocenters. The first-order valence-electron chi connectivity index (χ1n) is 6.40. The first-order valence-corrected chi connectivity index (χ1v) is 6.40. The normalized spacial score (nSPS) is 18.8. The molecule has 0 aromatic heterocycles. The maximum Gasteiger partial charge on any atom is 0.0723 e. The summed E-state index contributed by atoms with van der Waals surface area (Å²) in [5.74, 6) is 0.621. The summed E-state index contributed by atoms with van der Waals surface area (Å²) in [5, 5.41) is 0. The molecule has 0 saturated heterocycles. The van der Waals surface area contributed by atoms with Crippen LogP contribution in [0.3, 0.4) is 0 Å². The molecule has 0 radical (unpaired) electrons. The predicted octanol–water partition coefficient (Wildman–Crippen LogP) is 4.30. The van der Waals surface area contributed by atoms with Crippen molar-refractivity contribution in [2.75, 3.05) is 0 Å². The Bertz CT molecular complexity index is 328. The lowest BCUT2D eigenvalue weighted by Gasteiger charge is -2.25. The van der Waals surface area contributed by atoms with Gasteiger partial charge in [0.2, 0.25) is 0 Å². The van der Waals surface area contributed by atoms with Gasteiger partial charge >= 0.3 is 0 Å². The van der Waals surface area contributed by atoms with Crippen LogP contribution in [0.15, 0.2) is 18.2 Å². The summed E-state index contributed by atoms with van der Waals surface area (Å²) in [7, 11) is 0. The topological polar surface area (TPSA) is 9.23 Å². The molecule has 1 heteroatoms. The molecule has 1 aliphatic rings. The molecule has 0 N–H and O–H groups in total. The second-order valence-corrected chi connectivity index (χ2v) is 4.47. The van der Waals surface area contributed by atoms with Crippen molar-refractivity contribution in [2.45, 2.75) is 59.7 Å². The molecule has 1 heterocycles. The largest absolute Gasteiger partial charge is 0.373 e. The molecule has 90 valence electrons. The second-order valence-electron chi connectivity index (χ2n) is 4.47. The minimum Gasteiger partial charge on any atom is -0.373 e. The van der Waals surface area contributed by atoms with E-state index in [-0.39, 0.29) is 0 Å². The van der Waals surface area contributed by atoms with Gasteiger partial charge in [0.15, 0.2) is 0 Å². The molecule has 1 unspecified atom stereocenters. The van der Waals surface area contributed by atoms with Crippen LogP contribution in [0.5, 0.6) is 0 Å². The summed E-state index contributed by atoms with van der Waals surface area (Å²) >= 11 is 0. The molecule has 1 aromatic rings. The number of ether oxygens (including phenoxy) is 1. The molecule has 1 aliphatic heterocycles. The van der Waals surface area contributed by atoms with Gasteiger partial charge < -0.3 is 4.74 Å². The number of hydrogen-bond donors (Lipinski definition) is 0. The van der Waals surface area contributed by atoms with Gasteiger partial charge in [-0.25, -0.2) is 0 Å². The van der Waals surface area contributed by atoms with Crippen molar-refractivity contribution in [3.63, 3.8) is 0 Å². The van der Waals surface area contributed by atoms with Crippen molar-refractivity contribution in [3.8, 4) is 0 Å². The van der Waals surface area contributed by atoms with Crippen molar-refractivity contribution in [1.82, 2.24) is 0 Å². The lowest BCUT2D eigenvalue weighted by atomic mass is 9.89. The lowest BCUT2D eigenvalue weighted by Crippen LogP contribution is -2.20. The molecule has 0 bridgehead atoms. The van der Waals surface area contributed by atoms with E-state index in [1.165, 1.54) is 16.7 Å². The molecule has 1 aromatic carbocycles. The maximum atomic E-state index is 5.64. The third-order valence-corrected chi connectivity index (χ3v) is 2.95. The third kappa shape index (κ3) is 2.85. The summed E-state index contributed by atoms with van der Waals surface area (Å²) < 4.78 is 5.64. The number of rotatable bonds is 1. The van der Waals surface area contributed by atoms with E-state index < -0.39 is 0 Å². The SMILES string of the molecule is CC.CC1Cc2c(cccc2C(C)C)CO1. The first-order chi connectivity index (χ1) is 7.68. The van der Waals surface area contributed by atoms with Crippen molar-refractivity contribution in [1.29, 1.82) is 0 Å². The van der Waals surface area contributed by atoms with Crippen LogP contribution >= 0.6 is 0 Å². The second kappa shape index (κ2) is 6.05. The van der Waals surface area contributed by atoms with Gasteiger partial charge in [0.25, 0.3) is 0 Å². The molecule has 0 amide bonds. The Kier molecular flexibility index (Phi) is 5.01. The van der Waals surface area contributed by atoms with Crippen LogP contribution in [0.25, 0.3) is 0 Å². The fourth-order valence-electron chi connectivity index (χ4n) is 2.16. The number of benzene rings is 1. The highest BCUT2D eigenvalue weighted by molar-refractivity contribution is 5.38. The van der Waals surface area contributed by atoms with E-state index >= 15 is 0 Å². The standard InChI is InChI=1S/C13H18O.C2H6/c1-9(2)12-6-4-5-11-8-14-10(3)7-13(11)12;1-2/h4-6,9-10H,7-8H2,1-3H3;1-2H3. The Labute approximate surface area is 99.8 Å². The van der Waals surface area contributed by atoms with Gasteiger partial charge in [-0.2, -0.15) is 0 Å². The Morgan fingerprint density at radius 1 is 1.25 bits per heavy atom. The molecule has 0 fully saturated rings. The van der Waals surface area contributed by atoms with Gasteiger partial charge in [0.1, 0.15) is 0 Å². The fraction of sp³-hybridized carbons (Fsp3) is 0.600. The van der Waals surface area contributed by atoms with Crippen molar-refractivity contribution < 1.29 is 4.74 Å². The summed E-state index contributed by atoms with van der Waals surface area (Å²) in [4.78, 5) is 0. The van der Waals surface area contributed by atoms with E-state index in [9.17, 15) is 0 Å². The van der Waals surface area contributed by atoms with Crippen molar-refractivity contribution in [3.05, 3.63) is 34.9 Å². The zero-order valence-electron chi connectivity index (χ0n) is 11.2. The highest BCUT2D eigenvalue weighted by Gasteiger charge is 2.18. The lowest BCUT2D eigenvalue weighted by molar-refractivity contribution is 0.0407. The summed E-state index contributed by atoms with van der Waals surface area (Å²) in [6, 6.07) is 6.59. The third-order valence-electron chi connectivity index (χ3n) is 2.95. The summed E-state index contributed by atoms with van der Waals surface area (Å²) in [6.45, 7) is 11.5. The Morgan fingerprint density at radius 2 is 1.94 bits per heavy atom. The predicted molar refractivity (Wildman–Crippen MR) is 69.8 cm³/mol. The summed E-state index contributed by atoms with van der Waals surface area (Å²) in [6.07, 6.45) is 1.45. The first kappa shape index (κ1) is 13.2. The van der Waals surface area contributed by atoms with Crippen LogP contribution in [-0.2, 0) is 17.8 Å². The molecule has 16 heavy (non-hydrogen) atoms. The smallest absolute Gasteiger partial charge is 0.0723 e. The van der Waals surface area contributed by atoms with E-state index in [1.807, 2.05) is 13.8 Å². The van der Waals surface area contributed by atoms with E-state index in [0.717, 1.165) is 13.0 Å². The quantitative estimate of drug-likeness (QED) is 0.685. The molecule has 0 saturated carbocycles. The molecule has 2 rings (SSSR count). The Balaban J connectivity index is 0.000000606. The van der Waals surface area contributed by atoms with E-state index in [2.05, 4.69) is 39.0 Å². The van der Waals surface area contributed by atoms with Crippen LogP contribution in [0.4, 0.5) is 0 Å². The van der Waals surface area contributed by atoms with Gasteiger partial charge in [-0.05, 0) is 36.0 Å². The average Bonchev–Trinajstić information content (AvgIpc) is 2.30. The monoisotopic (exact) mass is 220 g/mol. The van der Waals surface area contributed by atoms with Gasteiger partial charge in [-0.1, -0.05) is 45.9 Å². The van der Waals surface area contributed by atoms with E-state index in [1.54, 1.807) is 0 Å². The van der Waals surface area contributed by atoms with Gasteiger partial charge in [-0.3, -0.25) is 0 Å².